The molecule has 1 aliphatic rings. The Morgan fingerprint density at radius 1 is 0.592 bits per heavy atom. The van der Waals surface area contributed by atoms with Crippen LogP contribution in [0.4, 0.5) is 0 Å². The van der Waals surface area contributed by atoms with E-state index in [2.05, 4.69) is 118 Å². The molecule has 6 aromatic carbocycles. The molecule has 0 fully saturated rings. The Labute approximate surface area is 290 Å². The fourth-order valence-corrected chi connectivity index (χ4v) is 7.11. The Morgan fingerprint density at radius 2 is 1.02 bits per heavy atom. The maximum absolute atomic E-state index is 13.2. The number of benzene rings is 6. The molecule has 0 saturated heterocycles. The summed E-state index contributed by atoms with van der Waals surface area (Å²) in [5.74, 6) is 2.27. The second-order valence-corrected chi connectivity index (χ2v) is 13.8. The van der Waals surface area contributed by atoms with E-state index in [1.54, 1.807) is 0 Å². The van der Waals surface area contributed by atoms with Gasteiger partial charge in [0.2, 0.25) is 0 Å². The van der Waals surface area contributed by atoms with Crippen molar-refractivity contribution in [2.45, 2.75) is 58.0 Å². The van der Waals surface area contributed by atoms with E-state index >= 15 is 0 Å². The molecule has 0 atom stereocenters. The Hall–Kier alpha value is -5.41. The van der Waals surface area contributed by atoms with Crippen molar-refractivity contribution in [3.8, 4) is 28.4 Å². The normalized spacial score (nSPS) is 13.1. The van der Waals surface area contributed by atoms with Crippen LogP contribution in [0.1, 0.15) is 84.8 Å². The van der Waals surface area contributed by atoms with E-state index < -0.39 is 5.41 Å². The zero-order valence-corrected chi connectivity index (χ0v) is 28.9. The van der Waals surface area contributed by atoms with Gasteiger partial charge in [-0.1, -0.05) is 118 Å². The Bertz CT molecular complexity index is 2040. The molecule has 6 aromatic rings. The molecule has 0 amide bonds. The number of ketones is 1. The van der Waals surface area contributed by atoms with Crippen molar-refractivity contribution in [1.82, 2.24) is 0 Å². The highest BCUT2D eigenvalue weighted by atomic mass is 16.5. The van der Waals surface area contributed by atoms with Crippen molar-refractivity contribution < 1.29 is 14.3 Å². The third-order valence-corrected chi connectivity index (χ3v) is 10.1. The number of ether oxygens (including phenoxy) is 2. The fraction of sp³-hybridized carbons (Fsp3) is 0.196. The summed E-state index contributed by atoms with van der Waals surface area (Å²) in [6.07, 6.45) is 1.14. The molecule has 1 aliphatic carbocycles. The van der Waals surface area contributed by atoms with E-state index in [1.807, 2.05) is 62.4 Å². The van der Waals surface area contributed by atoms with Gasteiger partial charge < -0.3 is 9.47 Å². The molecule has 3 heteroatoms. The summed E-state index contributed by atoms with van der Waals surface area (Å²) in [6, 6.07) is 49.8. The van der Waals surface area contributed by atoms with Crippen LogP contribution in [0.15, 0.2) is 146 Å². The zero-order chi connectivity index (χ0) is 34.2. The summed E-state index contributed by atoms with van der Waals surface area (Å²) in [5.41, 5.74) is 9.48. The van der Waals surface area contributed by atoms with Gasteiger partial charge in [-0.15, -0.1) is 0 Å². The number of rotatable bonds is 10. The lowest BCUT2D eigenvalue weighted by atomic mass is 9.68. The van der Waals surface area contributed by atoms with E-state index in [1.165, 1.54) is 33.4 Å². The standard InChI is InChI=1S/C46H42O3/c1-6-45(4,5)34-19-15-32(16-20-34)44(47)33-17-25-38(26-18-33)49-39-29-23-36(24-30-39)46(35-21-27-37(28-22-35)48-31(2)3)42-13-9-7-11-40(42)41-12-8-10-14-43(41)46/h7-31H,6H2,1-5H3. The summed E-state index contributed by atoms with van der Waals surface area (Å²) in [7, 11) is 0. The molecular formula is C46H42O3. The molecule has 49 heavy (non-hydrogen) atoms. The molecule has 0 bridgehead atoms. The molecule has 3 nitrogen and oxygen atoms in total. The van der Waals surface area contributed by atoms with Crippen molar-refractivity contribution in [3.63, 3.8) is 0 Å². The topological polar surface area (TPSA) is 35.5 Å². The van der Waals surface area contributed by atoms with Crippen LogP contribution in [-0.2, 0) is 10.8 Å². The lowest BCUT2D eigenvalue weighted by Crippen LogP contribution is -2.28. The first-order valence-electron chi connectivity index (χ1n) is 17.2. The maximum Gasteiger partial charge on any atom is 0.193 e. The molecule has 0 spiro atoms. The van der Waals surface area contributed by atoms with Crippen LogP contribution < -0.4 is 9.47 Å². The number of hydrogen-bond acceptors (Lipinski definition) is 3. The number of carbonyl (C=O) groups is 1. The second-order valence-electron chi connectivity index (χ2n) is 13.8. The van der Waals surface area contributed by atoms with Gasteiger partial charge in [0, 0.05) is 11.1 Å². The van der Waals surface area contributed by atoms with Crippen LogP contribution in [0, 0.1) is 0 Å². The Kier molecular flexibility index (Phi) is 8.46. The van der Waals surface area contributed by atoms with E-state index in [4.69, 9.17) is 9.47 Å². The Balaban J connectivity index is 1.18. The average molecular weight is 643 g/mol. The monoisotopic (exact) mass is 642 g/mol. The minimum Gasteiger partial charge on any atom is -0.491 e. The van der Waals surface area contributed by atoms with Gasteiger partial charge >= 0.3 is 0 Å². The van der Waals surface area contributed by atoms with Gasteiger partial charge in [0.05, 0.1) is 11.5 Å². The van der Waals surface area contributed by atoms with Crippen molar-refractivity contribution in [2.24, 2.45) is 0 Å². The van der Waals surface area contributed by atoms with Crippen molar-refractivity contribution in [1.29, 1.82) is 0 Å². The van der Waals surface area contributed by atoms with Crippen LogP contribution in [-0.4, -0.2) is 11.9 Å². The molecule has 0 unspecified atom stereocenters. The minimum absolute atomic E-state index is 0.00276. The van der Waals surface area contributed by atoms with Gasteiger partial charge in [-0.05, 0) is 113 Å². The molecule has 244 valence electrons. The highest BCUT2D eigenvalue weighted by Crippen LogP contribution is 2.56. The van der Waals surface area contributed by atoms with E-state index in [9.17, 15) is 4.79 Å². The fourth-order valence-electron chi connectivity index (χ4n) is 7.11. The molecular weight excluding hydrogens is 601 g/mol. The van der Waals surface area contributed by atoms with E-state index in [0.717, 1.165) is 23.5 Å². The van der Waals surface area contributed by atoms with Crippen LogP contribution in [0.5, 0.6) is 17.2 Å². The number of fused-ring (bicyclic) bond motifs is 3. The van der Waals surface area contributed by atoms with Gasteiger partial charge in [-0.25, -0.2) is 0 Å². The molecule has 0 aromatic heterocycles. The maximum atomic E-state index is 13.2. The SMILES string of the molecule is CCC(C)(C)c1ccc(C(=O)c2ccc(Oc3ccc(C4(c5ccc(OC(C)C)cc5)c5ccccc5-c5ccccc54)cc3)cc2)cc1. The quantitative estimate of drug-likeness (QED) is 0.139. The van der Waals surface area contributed by atoms with Gasteiger partial charge in [0.25, 0.3) is 0 Å². The van der Waals surface area contributed by atoms with Crippen LogP contribution in [0.2, 0.25) is 0 Å². The molecule has 0 aliphatic heterocycles. The number of carbonyl (C=O) groups excluding carboxylic acids is 1. The predicted octanol–water partition coefficient (Wildman–Crippen LogP) is 11.5. The van der Waals surface area contributed by atoms with Crippen LogP contribution in [0.25, 0.3) is 11.1 Å². The van der Waals surface area contributed by atoms with Crippen molar-refractivity contribution in [2.75, 3.05) is 0 Å². The van der Waals surface area contributed by atoms with Gasteiger partial charge in [0.1, 0.15) is 17.2 Å². The summed E-state index contributed by atoms with van der Waals surface area (Å²) in [6.45, 7) is 10.7. The van der Waals surface area contributed by atoms with Gasteiger partial charge in [0.15, 0.2) is 5.78 Å². The predicted molar refractivity (Wildman–Crippen MR) is 199 cm³/mol. The minimum atomic E-state index is -0.505. The highest BCUT2D eigenvalue weighted by molar-refractivity contribution is 6.09. The summed E-state index contributed by atoms with van der Waals surface area (Å²) >= 11 is 0. The third kappa shape index (κ3) is 5.84. The van der Waals surface area contributed by atoms with Crippen molar-refractivity contribution in [3.05, 3.63) is 185 Å². The smallest absolute Gasteiger partial charge is 0.193 e. The summed E-state index contributed by atoms with van der Waals surface area (Å²) in [4.78, 5) is 13.2. The van der Waals surface area contributed by atoms with Crippen LogP contribution in [0.3, 0.4) is 0 Å². The number of hydrogen-bond donors (Lipinski definition) is 0. The molecule has 0 heterocycles. The second kappa shape index (κ2) is 12.9. The first-order chi connectivity index (χ1) is 23.7. The molecule has 7 rings (SSSR count). The van der Waals surface area contributed by atoms with E-state index in [-0.39, 0.29) is 17.3 Å². The molecule has 0 saturated carbocycles. The lowest BCUT2D eigenvalue weighted by molar-refractivity contribution is 0.103. The zero-order valence-electron chi connectivity index (χ0n) is 28.9. The first-order valence-corrected chi connectivity index (χ1v) is 17.2. The third-order valence-electron chi connectivity index (χ3n) is 10.1. The highest BCUT2D eigenvalue weighted by Gasteiger charge is 2.45. The van der Waals surface area contributed by atoms with Crippen LogP contribution >= 0.6 is 0 Å². The lowest BCUT2D eigenvalue weighted by Gasteiger charge is -2.34. The summed E-state index contributed by atoms with van der Waals surface area (Å²) < 4.78 is 12.3. The van der Waals surface area contributed by atoms with Crippen molar-refractivity contribution >= 4 is 5.78 Å². The van der Waals surface area contributed by atoms with Gasteiger partial charge in [-0.2, -0.15) is 0 Å². The molecule has 0 N–H and O–H groups in total. The molecule has 0 radical (unpaired) electrons. The first kappa shape index (κ1) is 32.2. The van der Waals surface area contributed by atoms with E-state index in [0.29, 0.717) is 16.9 Å². The average Bonchev–Trinajstić information content (AvgIpc) is 3.43. The summed E-state index contributed by atoms with van der Waals surface area (Å²) in [5, 5.41) is 0. The largest absolute Gasteiger partial charge is 0.491 e. The Morgan fingerprint density at radius 3 is 1.49 bits per heavy atom. The van der Waals surface area contributed by atoms with Gasteiger partial charge in [-0.3, -0.25) is 4.79 Å².